The smallest absolute Gasteiger partial charge is 0.220 e. The Morgan fingerprint density at radius 2 is 2.00 bits per heavy atom. The van der Waals surface area contributed by atoms with E-state index in [1.165, 1.54) is 0 Å². The fraction of sp³-hybridized carbons (Fsp3) is 0.273. The van der Waals surface area contributed by atoms with E-state index < -0.39 is 0 Å². The van der Waals surface area contributed by atoms with Gasteiger partial charge < -0.3 is 15.0 Å². The first kappa shape index (κ1) is 18.7. The molecule has 3 aromatic rings. The second-order valence-electron chi connectivity index (χ2n) is 6.66. The van der Waals surface area contributed by atoms with Crippen LogP contribution in [-0.2, 0) is 17.8 Å². The van der Waals surface area contributed by atoms with E-state index in [4.69, 9.17) is 0 Å². The Labute approximate surface area is 159 Å². The average Bonchev–Trinajstić information content (AvgIpc) is 3.09. The molecular formula is C22H25N3O2. The van der Waals surface area contributed by atoms with Gasteiger partial charge in [0.2, 0.25) is 5.91 Å². The Morgan fingerprint density at radius 3 is 2.70 bits per heavy atom. The minimum Gasteiger partial charge on any atom is -0.508 e. The second kappa shape index (κ2) is 9.03. The van der Waals surface area contributed by atoms with Gasteiger partial charge in [0.15, 0.2) is 0 Å². The molecule has 0 bridgehead atoms. The van der Waals surface area contributed by atoms with Crippen LogP contribution in [0.15, 0.2) is 67.0 Å². The third-order valence-electron chi connectivity index (χ3n) is 4.67. The van der Waals surface area contributed by atoms with Crippen LogP contribution in [0.1, 0.15) is 35.8 Å². The number of carbonyl (C=O) groups is 1. The molecule has 1 aromatic heterocycles. The van der Waals surface area contributed by atoms with Crippen molar-refractivity contribution >= 4 is 5.91 Å². The Morgan fingerprint density at radius 1 is 1.19 bits per heavy atom. The van der Waals surface area contributed by atoms with Gasteiger partial charge in [-0.05, 0) is 43.0 Å². The van der Waals surface area contributed by atoms with Gasteiger partial charge in [-0.25, -0.2) is 4.98 Å². The van der Waals surface area contributed by atoms with Crippen molar-refractivity contribution in [2.24, 2.45) is 0 Å². The molecule has 0 fully saturated rings. The van der Waals surface area contributed by atoms with Crippen LogP contribution in [0.5, 0.6) is 5.75 Å². The number of rotatable bonds is 8. The maximum Gasteiger partial charge on any atom is 0.220 e. The lowest BCUT2D eigenvalue weighted by molar-refractivity contribution is -0.121. The summed E-state index contributed by atoms with van der Waals surface area (Å²) < 4.78 is 2.09. The van der Waals surface area contributed by atoms with Crippen LogP contribution in [0.25, 0.3) is 0 Å². The summed E-state index contributed by atoms with van der Waals surface area (Å²) in [4.78, 5) is 16.8. The van der Waals surface area contributed by atoms with Gasteiger partial charge in [-0.2, -0.15) is 0 Å². The number of amides is 1. The normalized spacial score (nSPS) is 11.9. The molecule has 0 aliphatic heterocycles. The molecule has 5 nitrogen and oxygen atoms in total. The monoisotopic (exact) mass is 363 g/mol. The topological polar surface area (TPSA) is 67.2 Å². The highest BCUT2D eigenvalue weighted by molar-refractivity contribution is 5.76. The summed E-state index contributed by atoms with van der Waals surface area (Å²) in [5.41, 5.74) is 2.05. The van der Waals surface area contributed by atoms with Crippen molar-refractivity contribution in [3.63, 3.8) is 0 Å². The minimum absolute atomic E-state index is 0.00884. The second-order valence-corrected chi connectivity index (χ2v) is 6.66. The zero-order valence-corrected chi connectivity index (χ0v) is 15.5. The number of nitrogens with one attached hydrogen (secondary N) is 1. The number of benzene rings is 2. The highest BCUT2D eigenvalue weighted by atomic mass is 16.3. The number of carbonyl (C=O) groups excluding carboxylic acids is 1. The van der Waals surface area contributed by atoms with Crippen LogP contribution in [0.4, 0.5) is 0 Å². The quantitative estimate of drug-likeness (QED) is 0.640. The van der Waals surface area contributed by atoms with E-state index in [0.717, 1.165) is 29.9 Å². The number of aromatic nitrogens is 2. The predicted octanol–water partition coefficient (Wildman–Crippen LogP) is 3.78. The lowest BCUT2D eigenvalue weighted by Crippen LogP contribution is -2.29. The molecular weight excluding hydrogens is 338 g/mol. The number of nitrogens with zero attached hydrogens (tertiary/aromatic N) is 2. The predicted molar refractivity (Wildman–Crippen MR) is 105 cm³/mol. The Kier molecular flexibility index (Phi) is 6.26. The van der Waals surface area contributed by atoms with E-state index in [9.17, 15) is 9.90 Å². The molecule has 1 heterocycles. The summed E-state index contributed by atoms with van der Waals surface area (Å²) in [6.45, 7) is 2.77. The van der Waals surface area contributed by atoms with Crippen LogP contribution in [-0.4, -0.2) is 20.6 Å². The van der Waals surface area contributed by atoms with Crippen LogP contribution in [0, 0.1) is 6.92 Å². The highest BCUT2D eigenvalue weighted by Crippen LogP contribution is 2.19. The molecule has 27 heavy (non-hydrogen) atoms. The van der Waals surface area contributed by atoms with Crippen LogP contribution < -0.4 is 5.32 Å². The number of hydrogen-bond donors (Lipinski definition) is 2. The molecule has 140 valence electrons. The van der Waals surface area contributed by atoms with E-state index in [2.05, 4.69) is 14.9 Å². The fourth-order valence-electron chi connectivity index (χ4n) is 3.15. The highest BCUT2D eigenvalue weighted by Gasteiger charge is 2.15. The number of phenols is 1. The zero-order valence-electron chi connectivity index (χ0n) is 15.5. The third-order valence-corrected chi connectivity index (χ3v) is 4.67. The molecule has 1 amide bonds. The van der Waals surface area contributed by atoms with Crippen LogP contribution >= 0.6 is 0 Å². The van der Waals surface area contributed by atoms with Crippen molar-refractivity contribution < 1.29 is 9.90 Å². The molecule has 0 aliphatic rings. The summed E-state index contributed by atoms with van der Waals surface area (Å²) in [5.74, 6) is 1.21. The van der Waals surface area contributed by atoms with E-state index in [1.54, 1.807) is 24.4 Å². The van der Waals surface area contributed by atoms with Crippen molar-refractivity contribution in [2.75, 3.05) is 0 Å². The molecule has 0 radical (unpaired) electrons. The number of aromatic hydroxyl groups is 1. The summed E-state index contributed by atoms with van der Waals surface area (Å²) in [5, 5.41) is 12.7. The Balaban J connectivity index is 1.62. The van der Waals surface area contributed by atoms with E-state index in [-0.39, 0.29) is 17.7 Å². The van der Waals surface area contributed by atoms with Gasteiger partial charge in [-0.3, -0.25) is 4.79 Å². The first-order valence-electron chi connectivity index (χ1n) is 9.22. The molecule has 1 atom stereocenters. The molecule has 2 aromatic carbocycles. The van der Waals surface area contributed by atoms with E-state index in [0.29, 0.717) is 12.8 Å². The SMILES string of the molecule is Cc1nccn1CC[C@H](NC(=O)CCc1cccc(O)c1)c1ccccc1. The number of aryl methyl sites for hydroxylation is 3. The molecule has 3 rings (SSSR count). The van der Waals surface area contributed by atoms with Gasteiger partial charge in [0.05, 0.1) is 6.04 Å². The maximum atomic E-state index is 12.5. The van der Waals surface area contributed by atoms with Gasteiger partial charge in [0.1, 0.15) is 11.6 Å². The van der Waals surface area contributed by atoms with Crippen molar-refractivity contribution in [3.05, 3.63) is 83.9 Å². The average molecular weight is 363 g/mol. The summed E-state index contributed by atoms with van der Waals surface area (Å²) >= 11 is 0. The van der Waals surface area contributed by atoms with E-state index >= 15 is 0 Å². The largest absolute Gasteiger partial charge is 0.508 e. The minimum atomic E-state index is -0.0512. The van der Waals surface area contributed by atoms with Crippen LogP contribution in [0.3, 0.4) is 0 Å². The number of imidazole rings is 1. The summed E-state index contributed by atoms with van der Waals surface area (Å²) in [6.07, 6.45) is 5.53. The Hall–Kier alpha value is -3.08. The third kappa shape index (κ3) is 5.45. The molecule has 0 aliphatic carbocycles. The number of hydrogen-bond acceptors (Lipinski definition) is 3. The molecule has 0 saturated heterocycles. The standard InChI is InChI=1S/C22H25N3O2/c1-17-23-13-15-25(17)14-12-21(19-7-3-2-4-8-19)24-22(27)11-10-18-6-5-9-20(26)16-18/h2-9,13,15-16,21,26H,10-12,14H2,1H3,(H,24,27)/t21-/m0/s1. The first-order chi connectivity index (χ1) is 13.1. The van der Waals surface area contributed by atoms with Crippen molar-refractivity contribution in [1.29, 1.82) is 0 Å². The van der Waals surface area contributed by atoms with Crippen molar-refractivity contribution in [1.82, 2.24) is 14.9 Å². The number of phenolic OH excluding ortho intramolecular Hbond substituents is 1. The van der Waals surface area contributed by atoms with Crippen molar-refractivity contribution in [3.8, 4) is 5.75 Å². The zero-order chi connectivity index (χ0) is 19.1. The Bertz CT molecular complexity index is 874. The molecule has 0 saturated carbocycles. The van der Waals surface area contributed by atoms with Gasteiger partial charge in [-0.1, -0.05) is 42.5 Å². The van der Waals surface area contributed by atoms with Gasteiger partial charge in [0.25, 0.3) is 0 Å². The molecule has 0 spiro atoms. The van der Waals surface area contributed by atoms with E-state index in [1.807, 2.05) is 49.5 Å². The molecule has 2 N–H and O–H groups in total. The first-order valence-corrected chi connectivity index (χ1v) is 9.22. The molecule has 5 heteroatoms. The maximum absolute atomic E-state index is 12.5. The van der Waals surface area contributed by atoms with Gasteiger partial charge >= 0.3 is 0 Å². The summed E-state index contributed by atoms with van der Waals surface area (Å²) in [7, 11) is 0. The lowest BCUT2D eigenvalue weighted by Gasteiger charge is -2.20. The van der Waals surface area contributed by atoms with Crippen LogP contribution in [0.2, 0.25) is 0 Å². The lowest BCUT2D eigenvalue weighted by atomic mass is 10.0. The fourth-order valence-corrected chi connectivity index (χ4v) is 3.15. The molecule has 0 unspecified atom stereocenters. The van der Waals surface area contributed by atoms with Crippen molar-refractivity contribution in [2.45, 2.75) is 38.8 Å². The van der Waals surface area contributed by atoms with Gasteiger partial charge in [-0.15, -0.1) is 0 Å². The summed E-state index contributed by atoms with van der Waals surface area (Å²) in [6, 6.07) is 17.0. The van der Waals surface area contributed by atoms with Gasteiger partial charge in [0, 0.05) is 25.4 Å².